The van der Waals surface area contributed by atoms with Crippen molar-refractivity contribution in [3.63, 3.8) is 0 Å². The molecule has 3 rings (SSSR count). The molecule has 0 fully saturated rings. The molecule has 0 bridgehead atoms. The van der Waals surface area contributed by atoms with Crippen LogP contribution in [0, 0.1) is 0 Å². The third-order valence-electron chi connectivity index (χ3n) is 5.66. The van der Waals surface area contributed by atoms with Gasteiger partial charge in [-0.3, -0.25) is 9.59 Å². The van der Waals surface area contributed by atoms with Crippen molar-refractivity contribution >= 4 is 22.4 Å². The number of aryl methyl sites for hydroxylation is 1. The van der Waals surface area contributed by atoms with E-state index in [4.69, 9.17) is 0 Å². The lowest BCUT2D eigenvalue weighted by Crippen LogP contribution is -2.28. The highest BCUT2D eigenvalue weighted by molar-refractivity contribution is 6.11. The first-order chi connectivity index (χ1) is 14.6. The Labute approximate surface area is 178 Å². The third-order valence-corrected chi connectivity index (χ3v) is 5.66. The molecule has 3 aromatic rings. The summed E-state index contributed by atoms with van der Waals surface area (Å²) in [5.41, 5.74) is 2.05. The first-order valence-electron chi connectivity index (χ1n) is 11.0. The van der Waals surface area contributed by atoms with Crippen LogP contribution < -0.4 is 10.9 Å². The summed E-state index contributed by atoms with van der Waals surface area (Å²) in [6, 6.07) is 15.1. The zero-order valence-corrected chi connectivity index (χ0v) is 18.1. The lowest BCUT2D eigenvalue weighted by Gasteiger charge is -2.16. The highest BCUT2D eigenvalue weighted by atomic mass is 16.2. The van der Waals surface area contributed by atoms with Gasteiger partial charge in [-0.25, -0.2) is 4.68 Å². The van der Waals surface area contributed by atoms with Gasteiger partial charge in [0, 0.05) is 17.6 Å². The first kappa shape index (κ1) is 21.8. The normalized spacial score (nSPS) is 12.1. The maximum atomic E-state index is 13.2. The highest BCUT2D eigenvalue weighted by Gasteiger charge is 2.18. The quantitative estimate of drug-likeness (QED) is 0.462. The number of anilines is 1. The molecule has 1 N–H and O–H groups in total. The van der Waals surface area contributed by atoms with Crippen LogP contribution in [0.5, 0.6) is 0 Å². The number of carbonyl (C=O) groups is 1. The van der Waals surface area contributed by atoms with E-state index >= 15 is 0 Å². The molecule has 1 heterocycles. The van der Waals surface area contributed by atoms with Crippen LogP contribution in [0.15, 0.2) is 53.3 Å². The Bertz CT molecular complexity index is 1070. The van der Waals surface area contributed by atoms with Crippen molar-refractivity contribution in [1.82, 2.24) is 9.78 Å². The predicted molar refractivity (Wildman–Crippen MR) is 123 cm³/mol. The number of hydrogen-bond donors (Lipinski definition) is 1. The van der Waals surface area contributed by atoms with Gasteiger partial charge in [-0.15, -0.1) is 0 Å². The number of nitrogens with one attached hydrogen (secondary N) is 1. The fourth-order valence-corrected chi connectivity index (χ4v) is 3.68. The van der Waals surface area contributed by atoms with Gasteiger partial charge in [0.25, 0.3) is 11.5 Å². The highest BCUT2D eigenvalue weighted by Crippen LogP contribution is 2.27. The molecule has 158 valence electrons. The topological polar surface area (TPSA) is 64.0 Å². The summed E-state index contributed by atoms with van der Waals surface area (Å²) >= 11 is 0. The summed E-state index contributed by atoms with van der Waals surface area (Å²) in [6.45, 7) is 6.95. The first-order valence-corrected chi connectivity index (χ1v) is 11.0. The summed E-state index contributed by atoms with van der Waals surface area (Å²) in [5.74, 6) is 0.0444. The minimum atomic E-state index is -0.288. The average Bonchev–Trinajstić information content (AvgIpc) is 2.78. The second kappa shape index (κ2) is 10.2. The van der Waals surface area contributed by atoms with E-state index in [1.54, 1.807) is 12.1 Å². The molecule has 1 atom stereocenters. The summed E-state index contributed by atoms with van der Waals surface area (Å²) in [4.78, 5) is 26.1. The number of hydrogen-bond acceptors (Lipinski definition) is 3. The molecule has 0 unspecified atom stereocenters. The molecule has 1 amide bonds. The van der Waals surface area contributed by atoms with Gasteiger partial charge in [0.1, 0.15) is 0 Å². The Morgan fingerprint density at radius 1 is 1.00 bits per heavy atom. The molecular formula is C25H31N3O2. The number of carbonyl (C=O) groups excluding carboxylic acids is 1. The minimum absolute atomic E-state index is 0.140. The lowest BCUT2D eigenvalue weighted by molar-refractivity contribution is 0.102. The number of unbranched alkanes of at least 4 members (excludes halogenated alkanes) is 3. The number of benzene rings is 2. The van der Waals surface area contributed by atoms with Crippen molar-refractivity contribution in [3.8, 4) is 0 Å². The largest absolute Gasteiger partial charge is 0.320 e. The van der Waals surface area contributed by atoms with E-state index in [1.165, 1.54) is 4.68 Å². The zero-order chi connectivity index (χ0) is 21.5. The van der Waals surface area contributed by atoms with E-state index in [2.05, 4.69) is 31.2 Å². The molecule has 0 aliphatic heterocycles. The van der Waals surface area contributed by atoms with Crippen molar-refractivity contribution in [3.05, 3.63) is 70.1 Å². The average molecular weight is 406 g/mol. The van der Waals surface area contributed by atoms with Crippen LogP contribution in [-0.2, 0) is 6.54 Å². The molecule has 5 heteroatoms. The van der Waals surface area contributed by atoms with Gasteiger partial charge in [0.15, 0.2) is 5.69 Å². The van der Waals surface area contributed by atoms with Crippen molar-refractivity contribution in [1.29, 1.82) is 0 Å². The molecule has 0 saturated carbocycles. The molecule has 0 radical (unpaired) electrons. The Hall–Kier alpha value is -2.95. The molecule has 0 aliphatic carbocycles. The molecule has 2 aromatic carbocycles. The van der Waals surface area contributed by atoms with Gasteiger partial charge >= 0.3 is 0 Å². The monoisotopic (exact) mass is 405 g/mol. The molecule has 0 aliphatic rings. The van der Waals surface area contributed by atoms with Gasteiger partial charge in [-0.1, -0.05) is 76.4 Å². The van der Waals surface area contributed by atoms with Gasteiger partial charge < -0.3 is 5.32 Å². The van der Waals surface area contributed by atoms with E-state index in [0.717, 1.165) is 43.4 Å². The summed E-state index contributed by atoms with van der Waals surface area (Å²) < 4.78 is 1.45. The Kier molecular flexibility index (Phi) is 7.39. The Balaban J connectivity index is 1.98. The van der Waals surface area contributed by atoms with Crippen LogP contribution in [0.2, 0.25) is 0 Å². The van der Waals surface area contributed by atoms with E-state index < -0.39 is 0 Å². The van der Waals surface area contributed by atoms with Crippen LogP contribution in [0.3, 0.4) is 0 Å². The van der Waals surface area contributed by atoms with E-state index in [9.17, 15) is 9.59 Å². The van der Waals surface area contributed by atoms with E-state index in [1.807, 2.05) is 36.4 Å². The third kappa shape index (κ3) is 4.78. The predicted octanol–water partition coefficient (Wildman–Crippen LogP) is 5.74. The number of rotatable bonds is 9. The number of aromatic nitrogens is 2. The maximum Gasteiger partial charge on any atom is 0.276 e. The van der Waals surface area contributed by atoms with Crippen LogP contribution in [0.1, 0.15) is 74.8 Å². The van der Waals surface area contributed by atoms with Gasteiger partial charge in [-0.05, 0) is 36.5 Å². The minimum Gasteiger partial charge on any atom is -0.320 e. The number of fused-ring (bicyclic) bond motifs is 1. The lowest BCUT2D eigenvalue weighted by atomic mass is 9.97. The Morgan fingerprint density at radius 2 is 1.70 bits per heavy atom. The number of amides is 1. The summed E-state index contributed by atoms with van der Waals surface area (Å²) in [7, 11) is 0. The van der Waals surface area contributed by atoms with Crippen LogP contribution in [-0.4, -0.2) is 15.7 Å². The molecule has 30 heavy (non-hydrogen) atoms. The molecule has 0 saturated heterocycles. The summed E-state index contributed by atoms with van der Waals surface area (Å²) in [5, 5.41) is 8.64. The van der Waals surface area contributed by atoms with Crippen molar-refractivity contribution < 1.29 is 4.79 Å². The van der Waals surface area contributed by atoms with Crippen molar-refractivity contribution in [2.24, 2.45) is 0 Å². The fraction of sp³-hybridized carbons (Fsp3) is 0.400. The van der Waals surface area contributed by atoms with Crippen molar-refractivity contribution in [2.45, 2.75) is 65.3 Å². The number of para-hydroxylation sites is 1. The van der Waals surface area contributed by atoms with Crippen molar-refractivity contribution in [2.75, 3.05) is 5.32 Å². The standard InChI is InChI=1S/C25H31N3O2/c1-4-6-7-12-17-28-25(30)21-15-9-8-14-20(21)23(27-28)24(29)26-22-16-11-10-13-19(22)18(3)5-2/h8-11,13-16,18H,4-7,12,17H2,1-3H3,(H,26,29)/t18-/m1/s1. The molecular weight excluding hydrogens is 374 g/mol. The van der Waals surface area contributed by atoms with Crippen LogP contribution >= 0.6 is 0 Å². The summed E-state index contributed by atoms with van der Waals surface area (Å²) in [6.07, 6.45) is 5.15. The molecule has 5 nitrogen and oxygen atoms in total. The Morgan fingerprint density at radius 3 is 2.43 bits per heavy atom. The molecule has 0 spiro atoms. The second-order valence-electron chi connectivity index (χ2n) is 7.83. The second-order valence-corrected chi connectivity index (χ2v) is 7.83. The van der Waals surface area contributed by atoms with E-state index in [0.29, 0.717) is 28.9 Å². The SMILES string of the molecule is CCCCCCn1nc(C(=O)Nc2ccccc2[C@H](C)CC)c2ccccc2c1=O. The van der Waals surface area contributed by atoms with Gasteiger partial charge in [0.05, 0.1) is 5.39 Å². The molecule has 1 aromatic heterocycles. The number of nitrogens with zero attached hydrogens (tertiary/aromatic N) is 2. The van der Waals surface area contributed by atoms with Crippen LogP contribution in [0.25, 0.3) is 10.8 Å². The zero-order valence-electron chi connectivity index (χ0n) is 18.1. The van der Waals surface area contributed by atoms with Crippen LogP contribution in [0.4, 0.5) is 5.69 Å². The van der Waals surface area contributed by atoms with Gasteiger partial charge in [-0.2, -0.15) is 5.10 Å². The smallest absolute Gasteiger partial charge is 0.276 e. The maximum absolute atomic E-state index is 13.2. The van der Waals surface area contributed by atoms with E-state index in [-0.39, 0.29) is 11.5 Å². The van der Waals surface area contributed by atoms with Gasteiger partial charge in [0.2, 0.25) is 0 Å². The fourth-order valence-electron chi connectivity index (χ4n) is 3.68.